The van der Waals surface area contributed by atoms with Crippen molar-refractivity contribution < 1.29 is 13.2 Å². The number of urea groups is 1. The molecule has 0 radical (unpaired) electrons. The van der Waals surface area contributed by atoms with Gasteiger partial charge in [0, 0.05) is 5.69 Å². The Bertz CT molecular complexity index is 497. The van der Waals surface area contributed by atoms with Crippen molar-refractivity contribution >= 4 is 21.7 Å². The number of rotatable bonds is 4. The molecule has 1 aromatic rings. The second-order valence-electron chi connectivity index (χ2n) is 3.79. The zero-order chi connectivity index (χ0) is 12.3. The molecule has 0 bridgehead atoms. The van der Waals surface area contributed by atoms with Gasteiger partial charge in [0.15, 0.2) is 0 Å². The number of benzene rings is 1. The summed E-state index contributed by atoms with van der Waals surface area (Å²) in [7, 11) is -3.40. The van der Waals surface area contributed by atoms with Crippen LogP contribution in [0.4, 0.5) is 10.5 Å². The minimum absolute atomic E-state index is 0.362. The Labute approximate surface area is 99.4 Å². The van der Waals surface area contributed by atoms with Crippen LogP contribution in [0.1, 0.15) is 12.8 Å². The second kappa shape index (κ2) is 4.72. The number of hydrogen-bond donors (Lipinski definition) is 3. The monoisotopic (exact) mass is 255 g/mol. The molecule has 1 aliphatic rings. The van der Waals surface area contributed by atoms with E-state index in [0.29, 0.717) is 18.5 Å². The van der Waals surface area contributed by atoms with Crippen molar-refractivity contribution in [3.05, 3.63) is 30.3 Å². The maximum absolute atomic E-state index is 11.4. The molecule has 0 aromatic heterocycles. The smallest absolute Gasteiger partial charge is 0.307 e. The number of carbonyl (C=O) groups is 1. The average Bonchev–Trinajstić information content (AvgIpc) is 3.12. The van der Waals surface area contributed by atoms with E-state index in [9.17, 15) is 13.2 Å². The van der Waals surface area contributed by atoms with Gasteiger partial charge < -0.3 is 5.32 Å². The van der Waals surface area contributed by atoms with Gasteiger partial charge in [-0.3, -0.25) is 5.43 Å². The standard InChI is InChI=1S/C10H13N3O3S/c14-10(11-8-4-2-1-3-5-8)12-13-17(15,16)9-6-7-9/h1-5,9,13H,6-7H2,(H2,11,12,14). The van der Waals surface area contributed by atoms with Crippen molar-refractivity contribution in [3.8, 4) is 0 Å². The van der Waals surface area contributed by atoms with Crippen molar-refractivity contribution in [2.75, 3.05) is 5.32 Å². The van der Waals surface area contributed by atoms with Gasteiger partial charge in [0.25, 0.3) is 0 Å². The third kappa shape index (κ3) is 3.43. The van der Waals surface area contributed by atoms with Gasteiger partial charge in [-0.15, -0.1) is 4.83 Å². The summed E-state index contributed by atoms with van der Waals surface area (Å²) in [6.45, 7) is 0. The molecule has 92 valence electrons. The van der Waals surface area contributed by atoms with E-state index in [-0.39, 0.29) is 5.25 Å². The first-order valence-electron chi connectivity index (χ1n) is 5.20. The average molecular weight is 255 g/mol. The zero-order valence-corrected chi connectivity index (χ0v) is 9.83. The molecule has 1 aliphatic carbocycles. The van der Waals surface area contributed by atoms with Gasteiger partial charge in [-0.1, -0.05) is 18.2 Å². The van der Waals surface area contributed by atoms with Crippen LogP contribution in [0, 0.1) is 0 Å². The molecular formula is C10H13N3O3S. The predicted molar refractivity (Wildman–Crippen MR) is 63.7 cm³/mol. The summed E-state index contributed by atoms with van der Waals surface area (Å²) in [5.74, 6) is 0. The molecule has 2 rings (SSSR count). The minimum Gasteiger partial charge on any atom is -0.307 e. The first kappa shape index (κ1) is 11.9. The predicted octanol–water partition coefficient (Wildman–Crippen LogP) is 0.805. The van der Waals surface area contributed by atoms with Crippen LogP contribution >= 0.6 is 0 Å². The van der Waals surface area contributed by atoms with Gasteiger partial charge in [0.2, 0.25) is 10.0 Å². The fraction of sp³-hybridized carbons (Fsp3) is 0.300. The Morgan fingerprint density at radius 2 is 1.82 bits per heavy atom. The molecule has 3 N–H and O–H groups in total. The Morgan fingerprint density at radius 1 is 1.18 bits per heavy atom. The Kier molecular flexibility index (Phi) is 3.30. The molecule has 0 saturated heterocycles. The lowest BCUT2D eigenvalue weighted by molar-refractivity contribution is 0.250. The van der Waals surface area contributed by atoms with Gasteiger partial charge in [0.1, 0.15) is 0 Å². The van der Waals surface area contributed by atoms with Gasteiger partial charge in [0.05, 0.1) is 5.25 Å². The van der Waals surface area contributed by atoms with E-state index in [0.717, 1.165) is 0 Å². The normalized spacial score (nSPS) is 15.3. The summed E-state index contributed by atoms with van der Waals surface area (Å²) in [4.78, 5) is 13.4. The highest BCUT2D eigenvalue weighted by molar-refractivity contribution is 7.90. The molecule has 1 fully saturated rings. The highest BCUT2D eigenvalue weighted by atomic mass is 32.2. The molecule has 17 heavy (non-hydrogen) atoms. The topological polar surface area (TPSA) is 87.3 Å². The molecule has 0 atom stereocenters. The zero-order valence-electron chi connectivity index (χ0n) is 9.01. The molecule has 0 spiro atoms. The van der Waals surface area contributed by atoms with E-state index in [1.807, 2.05) is 6.07 Å². The largest absolute Gasteiger partial charge is 0.334 e. The molecule has 0 heterocycles. The number of para-hydroxylation sites is 1. The molecule has 2 amide bonds. The third-order valence-corrected chi connectivity index (χ3v) is 4.04. The SMILES string of the molecule is O=C(NNS(=O)(=O)C1CC1)Nc1ccccc1. The van der Waals surface area contributed by atoms with Gasteiger partial charge in [-0.05, 0) is 25.0 Å². The first-order chi connectivity index (χ1) is 8.08. The van der Waals surface area contributed by atoms with E-state index in [1.165, 1.54) is 0 Å². The van der Waals surface area contributed by atoms with Crippen LogP contribution in [-0.4, -0.2) is 19.7 Å². The Morgan fingerprint density at radius 3 is 2.41 bits per heavy atom. The summed E-state index contributed by atoms with van der Waals surface area (Å²) >= 11 is 0. The van der Waals surface area contributed by atoms with Crippen molar-refractivity contribution in [2.24, 2.45) is 0 Å². The van der Waals surface area contributed by atoms with Crippen LogP contribution in [0.15, 0.2) is 30.3 Å². The highest BCUT2D eigenvalue weighted by Crippen LogP contribution is 2.26. The summed E-state index contributed by atoms with van der Waals surface area (Å²) in [5.41, 5.74) is 2.70. The Balaban J connectivity index is 1.82. The third-order valence-electron chi connectivity index (χ3n) is 2.30. The van der Waals surface area contributed by atoms with E-state index >= 15 is 0 Å². The molecule has 0 aliphatic heterocycles. The van der Waals surface area contributed by atoms with Gasteiger partial charge >= 0.3 is 6.03 Å². The van der Waals surface area contributed by atoms with E-state index in [1.54, 1.807) is 24.3 Å². The number of carbonyl (C=O) groups excluding carboxylic acids is 1. The van der Waals surface area contributed by atoms with E-state index < -0.39 is 16.1 Å². The molecular weight excluding hydrogens is 242 g/mol. The number of hydrazine groups is 1. The van der Waals surface area contributed by atoms with Gasteiger partial charge in [-0.2, -0.15) is 0 Å². The Hall–Kier alpha value is -1.60. The second-order valence-corrected chi connectivity index (χ2v) is 5.75. The van der Waals surface area contributed by atoms with Crippen LogP contribution in [0.2, 0.25) is 0 Å². The molecule has 0 unspecified atom stereocenters. The maximum atomic E-state index is 11.4. The highest BCUT2D eigenvalue weighted by Gasteiger charge is 2.35. The van der Waals surface area contributed by atoms with E-state index in [4.69, 9.17) is 0 Å². The summed E-state index contributed by atoms with van der Waals surface area (Å²) in [6, 6.07) is 8.15. The van der Waals surface area contributed by atoms with Crippen LogP contribution < -0.4 is 15.6 Å². The minimum atomic E-state index is -3.40. The maximum Gasteiger partial charge on any atom is 0.334 e. The van der Waals surface area contributed by atoms with Crippen molar-refractivity contribution in [1.29, 1.82) is 0 Å². The fourth-order valence-corrected chi connectivity index (χ4v) is 2.42. The molecule has 1 saturated carbocycles. The van der Waals surface area contributed by atoms with Crippen molar-refractivity contribution in [1.82, 2.24) is 10.3 Å². The van der Waals surface area contributed by atoms with Crippen LogP contribution in [0.5, 0.6) is 0 Å². The van der Waals surface area contributed by atoms with Crippen LogP contribution in [0.3, 0.4) is 0 Å². The van der Waals surface area contributed by atoms with E-state index in [2.05, 4.69) is 15.6 Å². The number of amides is 2. The lowest BCUT2D eigenvalue weighted by Gasteiger charge is -2.08. The van der Waals surface area contributed by atoms with Gasteiger partial charge in [-0.25, -0.2) is 13.2 Å². The summed E-state index contributed by atoms with van der Waals surface area (Å²) < 4.78 is 22.8. The fourth-order valence-electron chi connectivity index (χ4n) is 1.26. The molecule has 1 aromatic carbocycles. The lowest BCUT2D eigenvalue weighted by atomic mass is 10.3. The van der Waals surface area contributed by atoms with Crippen molar-refractivity contribution in [2.45, 2.75) is 18.1 Å². The number of sulfonamides is 1. The number of nitrogens with one attached hydrogen (secondary N) is 3. The summed E-state index contributed by atoms with van der Waals surface area (Å²) in [6.07, 6.45) is 1.30. The summed E-state index contributed by atoms with van der Waals surface area (Å²) in [5, 5.41) is 2.14. The number of hydrogen-bond acceptors (Lipinski definition) is 3. The molecule has 6 nitrogen and oxygen atoms in total. The van der Waals surface area contributed by atoms with Crippen molar-refractivity contribution in [3.63, 3.8) is 0 Å². The lowest BCUT2D eigenvalue weighted by Crippen LogP contribution is -2.45. The quantitative estimate of drug-likeness (QED) is 0.696. The first-order valence-corrected chi connectivity index (χ1v) is 6.75. The van der Waals surface area contributed by atoms with Crippen LogP contribution in [0.25, 0.3) is 0 Å². The van der Waals surface area contributed by atoms with Crippen LogP contribution in [-0.2, 0) is 10.0 Å². The number of anilines is 1. The molecule has 7 heteroatoms.